The van der Waals surface area contributed by atoms with Crippen LogP contribution in [0.3, 0.4) is 0 Å². The standard InChI is InChI=1S/C15H22FN3O/c1-11(17)8-15(20)18-13-5-3-7-19(10-13)14-6-2-4-12(16)9-14/h2,4,6,9,11,13H,3,5,7-8,10,17H2,1H3,(H,18,20). The average molecular weight is 279 g/mol. The predicted molar refractivity (Wildman–Crippen MR) is 78.0 cm³/mol. The van der Waals surface area contributed by atoms with Crippen molar-refractivity contribution < 1.29 is 9.18 Å². The van der Waals surface area contributed by atoms with Gasteiger partial charge in [-0.1, -0.05) is 6.07 Å². The number of benzene rings is 1. The molecule has 1 heterocycles. The second-order valence-electron chi connectivity index (χ2n) is 5.51. The molecule has 1 aliphatic heterocycles. The smallest absolute Gasteiger partial charge is 0.221 e. The van der Waals surface area contributed by atoms with Crippen LogP contribution < -0.4 is 16.0 Å². The third-order valence-corrected chi connectivity index (χ3v) is 3.47. The van der Waals surface area contributed by atoms with E-state index >= 15 is 0 Å². The highest BCUT2D eigenvalue weighted by molar-refractivity contribution is 5.76. The van der Waals surface area contributed by atoms with Crippen molar-refractivity contribution in [1.82, 2.24) is 5.32 Å². The van der Waals surface area contributed by atoms with Gasteiger partial charge < -0.3 is 16.0 Å². The number of carbonyl (C=O) groups is 1. The molecule has 20 heavy (non-hydrogen) atoms. The summed E-state index contributed by atoms with van der Waals surface area (Å²) >= 11 is 0. The summed E-state index contributed by atoms with van der Waals surface area (Å²) in [6.07, 6.45) is 2.28. The van der Waals surface area contributed by atoms with E-state index in [2.05, 4.69) is 10.2 Å². The molecule has 1 amide bonds. The largest absolute Gasteiger partial charge is 0.369 e. The molecule has 2 unspecified atom stereocenters. The first-order chi connectivity index (χ1) is 9.54. The predicted octanol–water partition coefficient (Wildman–Crippen LogP) is 1.65. The highest BCUT2D eigenvalue weighted by Crippen LogP contribution is 2.20. The molecule has 110 valence electrons. The van der Waals surface area contributed by atoms with Gasteiger partial charge in [-0.2, -0.15) is 0 Å². The number of hydrogen-bond donors (Lipinski definition) is 2. The molecule has 2 atom stereocenters. The lowest BCUT2D eigenvalue weighted by molar-refractivity contribution is -0.122. The number of nitrogens with zero attached hydrogens (tertiary/aromatic N) is 1. The SMILES string of the molecule is CC(N)CC(=O)NC1CCCN(c2cccc(F)c2)C1. The first kappa shape index (κ1) is 14.8. The lowest BCUT2D eigenvalue weighted by Gasteiger charge is -2.35. The van der Waals surface area contributed by atoms with E-state index in [-0.39, 0.29) is 23.8 Å². The Bertz CT molecular complexity index is 464. The lowest BCUT2D eigenvalue weighted by atomic mass is 10.0. The van der Waals surface area contributed by atoms with Crippen molar-refractivity contribution in [2.75, 3.05) is 18.0 Å². The summed E-state index contributed by atoms with van der Waals surface area (Å²) in [5.41, 5.74) is 6.49. The fourth-order valence-corrected chi connectivity index (χ4v) is 2.58. The van der Waals surface area contributed by atoms with Gasteiger partial charge in [0, 0.05) is 37.3 Å². The molecule has 1 fully saturated rings. The van der Waals surface area contributed by atoms with Gasteiger partial charge in [-0.25, -0.2) is 4.39 Å². The van der Waals surface area contributed by atoms with Gasteiger partial charge in [0.1, 0.15) is 5.82 Å². The van der Waals surface area contributed by atoms with Crippen molar-refractivity contribution in [2.24, 2.45) is 5.73 Å². The number of carbonyl (C=O) groups excluding carboxylic acids is 1. The van der Waals surface area contributed by atoms with Crippen molar-refractivity contribution in [3.63, 3.8) is 0 Å². The van der Waals surface area contributed by atoms with Crippen molar-refractivity contribution in [2.45, 2.75) is 38.3 Å². The Kier molecular flexibility index (Phi) is 4.95. The minimum Gasteiger partial charge on any atom is -0.369 e. The van der Waals surface area contributed by atoms with Crippen LogP contribution in [0.2, 0.25) is 0 Å². The summed E-state index contributed by atoms with van der Waals surface area (Å²) in [5, 5.41) is 3.01. The minimum atomic E-state index is -0.231. The van der Waals surface area contributed by atoms with E-state index in [0.29, 0.717) is 13.0 Å². The molecule has 1 saturated heterocycles. The maximum Gasteiger partial charge on any atom is 0.221 e. The van der Waals surface area contributed by atoms with E-state index in [4.69, 9.17) is 5.73 Å². The first-order valence-electron chi connectivity index (χ1n) is 7.10. The highest BCUT2D eigenvalue weighted by Gasteiger charge is 2.22. The van der Waals surface area contributed by atoms with Gasteiger partial charge in [0.15, 0.2) is 0 Å². The van der Waals surface area contributed by atoms with Gasteiger partial charge in [-0.05, 0) is 38.0 Å². The molecule has 0 saturated carbocycles. The molecule has 0 radical (unpaired) electrons. The first-order valence-corrected chi connectivity index (χ1v) is 7.10. The van der Waals surface area contributed by atoms with Gasteiger partial charge in [0.2, 0.25) is 5.91 Å². The zero-order chi connectivity index (χ0) is 14.5. The summed E-state index contributed by atoms with van der Waals surface area (Å²) in [6.45, 7) is 3.43. The summed E-state index contributed by atoms with van der Waals surface area (Å²) in [6, 6.07) is 6.57. The van der Waals surface area contributed by atoms with E-state index in [9.17, 15) is 9.18 Å². The molecular weight excluding hydrogens is 257 g/mol. The van der Waals surface area contributed by atoms with Crippen molar-refractivity contribution >= 4 is 11.6 Å². The molecule has 0 aromatic heterocycles. The van der Waals surface area contributed by atoms with Crippen LogP contribution in [0, 0.1) is 5.82 Å². The summed E-state index contributed by atoms with van der Waals surface area (Å²) < 4.78 is 13.3. The molecule has 0 aliphatic carbocycles. The minimum absolute atomic E-state index is 0.00825. The number of amides is 1. The number of halogens is 1. The lowest BCUT2D eigenvalue weighted by Crippen LogP contribution is -2.48. The Morgan fingerprint density at radius 3 is 3.10 bits per heavy atom. The zero-order valence-corrected chi connectivity index (χ0v) is 11.8. The van der Waals surface area contributed by atoms with Gasteiger partial charge in [0.05, 0.1) is 0 Å². The molecule has 1 aliphatic rings. The van der Waals surface area contributed by atoms with Crippen LogP contribution in [0.1, 0.15) is 26.2 Å². The van der Waals surface area contributed by atoms with Gasteiger partial charge in [-0.3, -0.25) is 4.79 Å². The maximum atomic E-state index is 13.3. The molecule has 3 N–H and O–H groups in total. The number of anilines is 1. The monoisotopic (exact) mass is 279 g/mol. The van der Waals surface area contributed by atoms with E-state index in [0.717, 1.165) is 25.1 Å². The molecule has 0 spiro atoms. The Morgan fingerprint density at radius 2 is 2.40 bits per heavy atom. The number of nitrogens with two attached hydrogens (primary N) is 1. The van der Waals surface area contributed by atoms with E-state index in [1.807, 2.05) is 13.0 Å². The number of rotatable bonds is 4. The second-order valence-corrected chi connectivity index (χ2v) is 5.51. The summed E-state index contributed by atoms with van der Waals surface area (Å²) in [7, 11) is 0. The second kappa shape index (κ2) is 6.70. The molecule has 4 nitrogen and oxygen atoms in total. The number of hydrogen-bond acceptors (Lipinski definition) is 3. The van der Waals surface area contributed by atoms with Crippen molar-refractivity contribution in [1.29, 1.82) is 0 Å². The van der Waals surface area contributed by atoms with Crippen LogP contribution >= 0.6 is 0 Å². The maximum absolute atomic E-state index is 13.3. The van der Waals surface area contributed by atoms with Crippen molar-refractivity contribution in [3.05, 3.63) is 30.1 Å². The summed E-state index contributed by atoms with van der Waals surface area (Å²) in [5.74, 6) is -0.239. The third kappa shape index (κ3) is 4.20. The third-order valence-electron chi connectivity index (χ3n) is 3.47. The fourth-order valence-electron chi connectivity index (χ4n) is 2.58. The van der Waals surface area contributed by atoms with Crippen LogP contribution in [0.5, 0.6) is 0 Å². The Morgan fingerprint density at radius 1 is 1.60 bits per heavy atom. The summed E-state index contributed by atoms with van der Waals surface area (Å²) in [4.78, 5) is 13.9. The fraction of sp³-hybridized carbons (Fsp3) is 0.533. The topological polar surface area (TPSA) is 58.4 Å². The van der Waals surface area contributed by atoms with Crippen LogP contribution in [0.25, 0.3) is 0 Å². The van der Waals surface area contributed by atoms with E-state index in [1.54, 1.807) is 6.07 Å². The zero-order valence-electron chi connectivity index (χ0n) is 11.8. The molecule has 1 aromatic carbocycles. The number of nitrogens with one attached hydrogen (secondary N) is 1. The quantitative estimate of drug-likeness (QED) is 0.881. The van der Waals surface area contributed by atoms with Crippen molar-refractivity contribution in [3.8, 4) is 0 Å². The Balaban J connectivity index is 1.93. The Hall–Kier alpha value is -1.62. The van der Waals surface area contributed by atoms with Crippen LogP contribution in [0.15, 0.2) is 24.3 Å². The molecular formula is C15H22FN3O. The van der Waals surface area contributed by atoms with Gasteiger partial charge >= 0.3 is 0 Å². The molecule has 0 bridgehead atoms. The highest BCUT2D eigenvalue weighted by atomic mass is 19.1. The van der Waals surface area contributed by atoms with E-state index in [1.165, 1.54) is 12.1 Å². The molecule has 2 rings (SSSR count). The average Bonchev–Trinajstić information content (AvgIpc) is 2.38. The van der Waals surface area contributed by atoms with Crippen LogP contribution in [-0.4, -0.2) is 31.1 Å². The van der Waals surface area contributed by atoms with Crippen LogP contribution in [0.4, 0.5) is 10.1 Å². The van der Waals surface area contributed by atoms with Crippen LogP contribution in [-0.2, 0) is 4.79 Å². The van der Waals surface area contributed by atoms with E-state index < -0.39 is 0 Å². The Labute approximate surface area is 119 Å². The normalized spacial score (nSPS) is 20.6. The van der Waals surface area contributed by atoms with Gasteiger partial charge in [0.25, 0.3) is 0 Å². The number of piperidine rings is 1. The molecule has 1 aromatic rings. The van der Waals surface area contributed by atoms with Gasteiger partial charge in [-0.15, -0.1) is 0 Å². The molecule has 5 heteroatoms.